The van der Waals surface area contributed by atoms with Crippen LogP contribution in [-0.4, -0.2) is 65.0 Å². The molecule has 2 aromatic heterocycles. The molecule has 0 spiro atoms. The third kappa shape index (κ3) is 6.55. The van der Waals surface area contributed by atoms with Gasteiger partial charge in [-0.25, -0.2) is 0 Å². The van der Waals surface area contributed by atoms with E-state index in [0.29, 0.717) is 59.0 Å². The number of nitrogens with one attached hydrogen (secondary N) is 1. The van der Waals surface area contributed by atoms with E-state index in [0.717, 1.165) is 0 Å². The van der Waals surface area contributed by atoms with Crippen molar-refractivity contribution in [2.24, 2.45) is 0 Å². The van der Waals surface area contributed by atoms with E-state index in [-0.39, 0.29) is 12.4 Å². The summed E-state index contributed by atoms with van der Waals surface area (Å²) in [6, 6.07) is 12.6. The van der Waals surface area contributed by atoms with Crippen molar-refractivity contribution in [3.05, 3.63) is 60.1 Å². The lowest BCUT2D eigenvalue weighted by Crippen LogP contribution is -2.50. The normalized spacial score (nSPS) is 13.3. The van der Waals surface area contributed by atoms with Crippen LogP contribution in [0.2, 0.25) is 0 Å². The van der Waals surface area contributed by atoms with Crippen molar-refractivity contribution in [3.8, 4) is 34.4 Å². The average molecular weight is 591 g/mol. The number of amides is 2. The van der Waals surface area contributed by atoms with E-state index in [9.17, 15) is 9.59 Å². The second kappa shape index (κ2) is 12.0. The number of tetrazole rings is 1. The minimum atomic E-state index is -1.16. The fourth-order valence-electron chi connectivity index (χ4n) is 4.63. The van der Waals surface area contributed by atoms with Gasteiger partial charge >= 0.3 is 0 Å². The van der Waals surface area contributed by atoms with Gasteiger partial charge in [0.25, 0.3) is 11.8 Å². The molecule has 43 heavy (non-hydrogen) atoms. The predicted octanol–water partition coefficient (Wildman–Crippen LogP) is 3.72. The Morgan fingerprint density at radius 2 is 1.74 bits per heavy atom. The van der Waals surface area contributed by atoms with Crippen LogP contribution < -0.4 is 29.2 Å². The van der Waals surface area contributed by atoms with Gasteiger partial charge < -0.3 is 28.7 Å². The summed E-state index contributed by atoms with van der Waals surface area (Å²) in [5.41, 5.74) is 0.436. The Bertz CT molecular complexity index is 1620. The maximum Gasteiger partial charge on any atom is 0.251 e. The van der Waals surface area contributed by atoms with Crippen LogP contribution in [-0.2, 0) is 16.1 Å². The maximum absolute atomic E-state index is 14.2. The van der Waals surface area contributed by atoms with Crippen molar-refractivity contribution < 1.29 is 33.0 Å². The van der Waals surface area contributed by atoms with Crippen molar-refractivity contribution >= 4 is 17.5 Å². The minimum Gasteiger partial charge on any atom is -0.493 e. The molecule has 1 aliphatic rings. The molecular weight excluding hydrogens is 556 g/mol. The number of aromatic nitrogens is 4. The summed E-state index contributed by atoms with van der Waals surface area (Å²) in [6.07, 6.45) is 0. The summed E-state index contributed by atoms with van der Waals surface area (Å²) in [7, 11) is 3.08. The van der Waals surface area contributed by atoms with Crippen LogP contribution in [0.15, 0.2) is 52.9 Å². The van der Waals surface area contributed by atoms with E-state index in [4.69, 9.17) is 23.4 Å². The molecule has 13 heteroatoms. The molecule has 4 aromatic rings. The first-order valence-corrected chi connectivity index (χ1v) is 13.7. The minimum absolute atomic E-state index is 0.281. The number of fused-ring (bicyclic) bond motifs is 1. The predicted molar refractivity (Wildman–Crippen MR) is 155 cm³/mol. The summed E-state index contributed by atoms with van der Waals surface area (Å²) in [6.45, 7) is 7.80. The number of carbonyl (C=O) groups is 2. The van der Waals surface area contributed by atoms with Crippen LogP contribution in [0, 0.1) is 6.92 Å². The van der Waals surface area contributed by atoms with Gasteiger partial charge in [-0.2, -0.15) is 4.80 Å². The summed E-state index contributed by atoms with van der Waals surface area (Å²) in [5.74, 6) is 2.30. The number of rotatable bonds is 9. The Hall–Kier alpha value is -5.07. The zero-order valence-electron chi connectivity index (χ0n) is 24.9. The van der Waals surface area contributed by atoms with E-state index in [2.05, 4.69) is 20.7 Å². The molecule has 1 aliphatic heterocycles. The molecule has 1 atom stereocenters. The van der Waals surface area contributed by atoms with Gasteiger partial charge in [0.1, 0.15) is 31.3 Å². The van der Waals surface area contributed by atoms with Gasteiger partial charge in [-0.3, -0.25) is 14.5 Å². The van der Waals surface area contributed by atoms with Crippen LogP contribution in [0.1, 0.15) is 38.3 Å². The van der Waals surface area contributed by atoms with Crippen LogP contribution in [0.4, 0.5) is 5.69 Å². The third-order valence-corrected chi connectivity index (χ3v) is 6.48. The first-order valence-electron chi connectivity index (χ1n) is 13.7. The van der Waals surface area contributed by atoms with Crippen LogP contribution in [0.25, 0.3) is 11.4 Å². The van der Waals surface area contributed by atoms with Gasteiger partial charge in [0.05, 0.1) is 14.2 Å². The Kier molecular flexibility index (Phi) is 8.24. The fourth-order valence-corrected chi connectivity index (χ4v) is 4.63. The monoisotopic (exact) mass is 590 g/mol. The Labute approximate surface area is 248 Å². The first-order chi connectivity index (χ1) is 20.6. The number of carbonyl (C=O) groups excluding carboxylic acids is 2. The fraction of sp³-hybridized carbons (Fsp3) is 0.367. The number of benzene rings is 2. The zero-order chi connectivity index (χ0) is 30.7. The molecule has 0 saturated carbocycles. The van der Waals surface area contributed by atoms with Crippen LogP contribution >= 0.6 is 0 Å². The van der Waals surface area contributed by atoms with Crippen molar-refractivity contribution in [1.29, 1.82) is 0 Å². The lowest BCUT2D eigenvalue weighted by Gasteiger charge is -2.33. The summed E-state index contributed by atoms with van der Waals surface area (Å²) < 4.78 is 28.1. The van der Waals surface area contributed by atoms with Gasteiger partial charge in [-0.15, -0.1) is 10.2 Å². The number of methoxy groups -OCH3 is 2. The molecule has 0 fully saturated rings. The van der Waals surface area contributed by atoms with Gasteiger partial charge in [0.2, 0.25) is 5.82 Å². The number of ether oxygens (including phenoxy) is 4. The van der Waals surface area contributed by atoms with Crippen molar-refractivity contribution in [2.45, 2.75) is 45.8 Å². The number of furan rings is 1. The first kappa shape index (κ1) is 29.4. The van der Waals surface area contributed by atoms with Gasteiger partial charge in [0.15, 0.2) is 29.0 Å². The van der Waals surface area contributed by atoms with E-state index in [1.807, 2.05) is 20.8 Å². The number of aryl methyl sites for hydroxylation is 1. The molecule has 3 heterocycles. The molecule has 1 N–H and O–H groups in total. The SMILES string of the molecule is COc1ccc(-c2nnn(CC(=O)N(c3ccc4c(c3)OCCO4)C(C(=O)NC(C)(C)C)c3ccc(C)o3)n2)cc1OC. The van der Waals surface area contributed by atoms with Crippen LogP contribution in [0.3, 0.4) is 0 Å². The van der Waals surface area contributed by atoms with E-state index >= 15 is 0 Å². The van der Waals surface area contributed by atoms with E-state index in [1.54, 1.807) is 62.6 Å². The van der Waals surface area contributed by atoms with Gasteiger partial charge in [-0.1, -0.05) is 0 Å². The Balaban J connectivity index is 1.53. The topological polar surface area (TPSA) is 143 Å². The highest BCUT2D eigenvalue weighted by Crippen LogP contribution is 2.38. The Morgan fingerprint density at radius 1 is 1.00 bits per heavy atom. The molecule has 0 saturated heterocycles. The quantitative estimate of drug-likeness (QED) is 0.306. The molecule has 2 aromatic carbocycles. The molecule has 0 bridgehead atoms. The van der Waals surface area contributed by atoms with Crippen molar-refractivity contribution in [3.63, 3.8) is 0 Å². The number of hydrogen-bond acceptors (Lipinski definition) is 10. The Morgan fingerprint density at radius 3 is 2.42 bits per heavy atom. The van der Waals surface area contributed by atoms with E-state index in [1.165, 1.54) is 16.8 Å². The lowest BCUT2D eigenvalue weighted by atomic mass is 10.1. The number of anilines is 1. The maximum atomic E-state index is 14.2. The van der Waals surface area contributed by atoms with E-state index < -0.39 is 23.4 Å². The second-order valence-corrected chi connectivity index (χ2v) is 10.9. The highest BCUT2D eigenvalue weighted by molar-refractivity contribution is 6.01. The summed E-state index contributed by atoms with van der Waals surface area (Å²) in [5, 5.41) is 15.6. The largest absolute Gasteiger partial charge is 0.493 e. The number of nitrogens with zero attached hydrogens (tertiary/aromatic N) is 5. The van der Waals surface area contributed by atoms with Crippen molar-refractivity contribution in [2.75, 3.05) is 32.3 Å². The smallest absolute Gasteiger partial charge is 0.251 e. The molecule has 13 nitrogen and oxygen atoms in total. The highest BCUT2D eigenvalue weighted by Gasteiger charge is 2.37. The molecule has 0 radical (unpaired) electrons. The molecule has 5 rings (SSSR count). The molecule has 1 unspecified atom stereocenters. The van der Waals surface area contributed by atoms with Crippen LogP contribution in [0.5, 0.6) is 23.0 Å². The molecule has 226 valence electrons. The highest BCUT2D eigenvalue weighted by atomic mass is 16.6. The number of hydrogen-bond donors (Lipinski definition) is 1. The molecular formula is C30H34N6O7. The zero-order valence-corrected chi connectivity index (χ0v) is 24.9. The molecule has 0 aliphatic carbocycles. The lowest BCUT2D eigenvalue weighted by molar-refractivity contribution is -0.128. The third-order valence-electron chi connectivity index (χ3n) is 6.48. The van der Waals surface area contributed by atoms with Gasteiger partial charge in [0, 0.05) is 22.9 Å². The average Bonchev–Trinajstić information content (AvgIpc) is 3.62. The van der Waals surface area contributed by atoms with Crippen molar-refractivity contribution in [1.82, 2.24) is 25.5 Å². The van der Waals surface area contributed by atoms with Gasteiger partial charge in [-0.05, 0) is 75.4 Å². The second-order valence-electron chi connectivity index (χ2n) is 10.9. The summed E-state index contributed by atoms with van der Waals surface area (Å²) in [4.78, 5) is 30.5. The molecule has 2 amide bonds. The standard InChI is InChI=1S/C30H34N6O7/c1-18-7-10-23(43-18)27(29(38)31-30(2,3)4)36(20-9-12-22-25(16-20)42-14-13-41-22)26(37)17-35-33-28(32-34-35)19-8-11-21(39-5)24(15-19)40-6/h7-12,15-16,27H,13-14,17H2,1-6H3,(H,31,38). The summed E-state index contributed by atoms with van der Waals surface area (Å²) >= 11 is 0.